The number of pyridine rings is 1. The number of carbonyl (C=O) groups is 1. The lowest BCUT2D eigenvalue weighted by Crippen LogP contribution is -2.39. The maximum atomic E-state index is 12.3. The number of anilines is 1. The van der Waals surface area contributed by atoms with E-state index in [0.717, 1.165) is 55.2 Å². The zero-order valence-corrected chi connectivity index (χ0v) is 18.6. The molecule has 1 saturated heterocycles. The summed E-state index contributed by atoms with van der Waals surface area (Å²) in [5, 5.41) is 11.5. The summed E-state index contributed by atoms with van der Waals surface area (Å²) in [5.74, 6) is 2.62. The molecule has 2 aromatic rings. The molecule has 1 aliphatic heterocycles. The average molecular weight is 451 g/mol. The summed E-state index contributed by atoms with van der Waals surface area (Å²) in [6, 6.07) is 13.2. The van der Waals surface area contributed by atoms with Gasteiger partial charge < -0.3 is 14.4 Å². The number of ether oxygens (including phenoxy) is 2. The molecule has 2 atom stereocenters. The van der Waals surface area contributed by atoms with Crippen LogP contribution in [-0.4, -0.2) is 42.0 Å². The van der Waals surface area contributed by atoms with Gasteiger partial charge in [0.15, 0.2) is 0 Å². The van der Waals surface area contributed by atoms with E-state index in [1.807, 2.05) is 35.2 Å². The van der Waals surface area contributed by atoms with Gasteiger partial charge in [-0.05, 0) is 55.1 Å². The second-order valence-corrected chi connectivity index (χ2v) is 8.59. The van der Waals surface area contributed by atoms with E-state index in [0.29, 0.717) is 36.6 Å². The van der Waals surface area contributed by atoms with Crippen molar-refractivity contribution in [3.8, 4) is 5.88 Å². The van der Waals surface area contributed by atoms with Crippen LogP contribution in [0.1, 0.15) is 31.2 Å². The smallest absolute Gasteiger partial charge is 0.410 e. The number of piperidine rings is 1. The molecule has 174 valence electrons. The van der Waals surface area contributed by atoms with Crippen LogP contribution in [0.4, 0.5) is 10.5 Å². The van der Waals surface area contributed by atoms with Gasteiger partial charge in [0.05, 0.1) is 18.5 Å². The summed E-state index contributed by atoms with van der Waals surface area (Å²) in [7, 11) is 0. The van der Waals surface area contributed by atoms with Crippen molar-refractivity contribution < 1.29 is 14.3 Å². The number of carbonyl (C=O) groups excluding carboxylic acids is 1. The van der Waals surface area contributed by atoms with Gasteiger partial charge in [-0.2, -0.15) is 5.53 Å². The van der Waals surface area contributed by atoms with Crippen molar-refractivity contribution in [3.05, 3.63) is 54.2 Å². The highest BCUT2D eigenvalue weighted by molar-refractivity contribution is 5.75. The van der Waals surface area contributed by atoms with Crippen molar-refractivity contribution in [3.63, 3.8) is 0 Å². The summed E-state index contributed by atoms with van der Waals surface area (Å²) in [4.78, 5) is 18.4. The molecule has 0 unspecified atom stereocenters. The highest BCUT2D eigenvalue weighted by Gasteiger charge is 2.43. The van der Waals surface area contributed by atoms with E-state index >= 15 is 0 Å². The van der Waals surface area contributed by atoms with E-state index in [1.165, 1.54) is 12.6 Å². The number of hydrogen-bond donors (Lipinski definition) is 2. The minimum atomic E-state index is -0.211. The molecule has 0 bridgehead atoms. The lowest BCUT2D eigenvalue weighted by atomic mass is 9.91. The van der Waals surface area contributed by atoms with E-state index in [9.17, 15) is 4.79 Å². The molecule has 9 heteroatoms. The molecule has 1 amide bonds. The third-order valence-corrected chi connectivity index (χ3v) is 6.54. The summed E-state index contributed by atoms with van der Waals surface area (Å²) in [5.41, 5.74) is 8.57. The Hall–Kier alpha value is -3.49. The maximum absolute atomic E-state index is 12.3. The minimum Gasteiger partial charge on any atom is -0.478 e. The van der Waals surface area contributed by atoms with Crippen molar-refractivity contribution >= 4 is 18.1 Å². The van der Waals surface area contributed by atoms with Crippen molar-refractivity contribution in [1.82, 2.24) is 9.88 Å². The molecule has 4 rings (SSSR count). The molecular formula is C24H30N6O3. The quantitative estimate of drug-likeness (QED) is 0.231. The third kappa shape index (κ3) is 6.06. The number of nitrogens with zero attached hydrogens (tertiary/aromatic N) is 4. The number of hydrogen-bond acceptors (Lipinski definition) is 7. The summed E-state index contributed by atoms with van der Waals surface area (Å²) < 4.78 is 11.2. The second-order valence-electron chi connectivity index (χ2n) is 8.59. The number of aromatic nitrogens is 1. The normalized spacial score (nSPS) is 20.1. The highest BCUT2D eigenvalue weighted by Crippen LogP contribution is 2.49. The molecule has 2 N–H and O–H groups in total. The van der Waals surface area contributed by atoms with Gasteiger partial charge in [-0.25, -0.2) is 14.8 Å². The predicted octanol–water partition coefficient (Wildman–Crippen LogP) is 4.89. The first-order valence-electron chi connectivity index (χ1n) is 11.4. The van der Waals surface area contributed by atoms with Crippen LogP contribution < -0.4 is 9.75 Å². The van der Waals surface area contributed by atoms with Crippen molar-refractivity contribution in [2.24, 2.45) is 23.0 Å². The van der Waals surface area contributed by atoms with Crippen LogP contribution in [0.2, 0.25) is 0 Å². The van der Waals surface area contributed by atoms with E-state index in [-0.39, 0.29) is 6.09 Å². The largest absolute Gasteiger partial charge is 0.478 e. The Balaban J connectivity index is 1.12. The Morgan fingerprint density at radius 2 is 2.00 bits per heavy atom. The fourth-order valence-electron chi connectivity index (χ4n) is 4.57. The Morgan fingerprint density at radius 3 is 2.67 bits per heavy atom. The first kappa shape index (κ1) is 22.7. The third-order valence-electron chi connectivity index (χ3n) is 6.54. The van der Waals surface area contributed by atoms with Gasteiger partial charge in [0, 0.05) is 19.2 Å². The molecule has 1 aromatic heterocycles. The molecular weight excluding hydrogens is 420 g/mol. The van der Waals surface area contributed by atoms with Crippen LogP contribution in [-0.2, 0) is 11.3 Å². The van der Waals surface area contributed by atoms with Gasteiger partial charge in [0.1, 0.15) is 12.9 Å². The Kier molecular flexibility index (Phi) is 7.49. The Bertz CT molecular complexity index is 923. The molecule has 1 aliphatic carbocycles. The van der Waals surface area contributed by atoms with E-state index in [4.69, 9.17) is 20.4 Å². The van der Waals surface area contributed by atoms with Crippen LogP contribution >= 0.6 is 0 Å². The zero-order valence-electron chi connectivity index (χ0n) is 18.6. The van der Waals surface area contributed by atoms with Crippen molar-refractivity contribution in [2.75, 3.05) is 24.7 Å². The summed E-state index contributed by atoms with van der Waals surface area (Å²) >= 11 is 0. The Labute approximate surface area is 193 Å². The number of benzene rings is 1. The van der Waals surface area contributed by atoms with Gasteiger partial charge >= 0.3 is 6.09 Å². The highest BCUT2D eigenvalue weighted by atomic mass is 16.6. The first-order chi connectivity index (χ1) is 16.2. The van der Waals surface area contributed by atoms with Crippen molar-refractivity contribution in [1.29, 1.82) is 10.9 Å². The van der Waals surface area contributed by atoms with E-state index in [2.05, 4.69) is 10.2 Å². The first-order valence-corrected chi connectivity index (χ1v) is 11.4. The fourth-order valence-corrected chi connectivity index (χ4v) is 4.57. The average Bonchev–Trinajstić information content (AvgIpc) is 3.64. The molecule has 1 aromatic carbocycles. The molecule has 0 spiro atoms. The molecule has 2 aliphatic rings. The maximum Gasteiger partial charge on any atom is 0.410 e. The van der Waals surface area contributed by atoms with Crippen molar-refractivity contribution in [2.45, 2.75) is 32.3 Å². The monoisotopic (exact) mass is 450 g/mol. The molecule has 2 fully saturated rings. The lowest BCUT2D eigenvalue weighted by molar-refractivity contribution is 0.0796. The van der Waals surface area contributed by atoms with Crippen LogP contribution in [0.3, 0.4) is 0 Å². The van der Waals surface area contributed by atoms with Gasteiger partial charge in [-0.1, -0.05) is 35.6 Å². The minimum absolute atomic E-state index is 0.211. The summed E-state index contributed by atoms with van der Waals surface area (Å²) in [6.07, 6.45) is 6.59. The van der Waals surface area contributed by atoms with Gasteiger partial charge in [0.2, 0.25) is 5.88 Å². The summed E-state index contributed by atoms with van der Waals surface area (Å²) in [6.45, 7) is 2.48. The second kappa shape index (κ2) is 10.9. The topological polar surface area (TPSA) is 115 Å². The van der Waals surface area contributed by atoms with Crippen LogP contribution in [0.5, 0.6) is 5.88 Å². The van der Waals surface area contributed by atoms with E-state index in [1.54, 1.807) is 12.1 Å². The SMILES string of the molecule is N=CN(N=N)c1ccc(OCC[C@@H]2C[C@@H]2C2CCN(C(=O)OCc3ccccc3)CC2)nc1. The molecule has 33 heavy (non-hydrogen) atoms. The molecule has 2 heterocycles. The molecule has 9 nitrogen and oxygen atoms in total. The van der Waals surface area contributed by atoms with Crippen LogP contribution in [0.15, 0.2) is 53.9 Å². The number of nitrogens with one attached hydrogen (secondary N) is 2. The fraction of sp³-hybridized carbons (Fsp3) is 0.458. The van der Waals surface area contributed by atoms with E-state index < -0.39 is 0 Å². The molecule has 0 radical (unpaired) electrons. The van der Waals surface area contributed by atoms with Gasteiger partial charge in [0.25, 0.3) is 0 Å². The van der Waals surface area contributed by atoms with Gasteiger partial charge in [-0.15, -0.1) is 0 Å². The Morgan fingerprint density at radius 1 is 1.21 bits per heavy atom. The lowest BCUT2D eigenvalue weighted by Gasteiger charge is -2.31. The van der Waals surface area contributed by atoms with Gasteiger partial charge in [-0.3, -0.25) is 5.41 Å². The zero-order chi connectivity index (χ0) is 23.0. The number of likely N-dealkylation sites (tertiary alicyclic amines) is 1. The number of amides is 1. The number of rotatable bonds is 10. The van der Waals surface area contributed by atoms with Crippen LogP contribution in [0.25, 0.3) is 0 Å². The van der Waals surface area contributed by atoms with Crippen LogP contribution in [0, 0.1) is 28.7 Å². The standard InChI is InChI=1S/C24H30N6O3/c25-17-30(28-26)21-6-7-23(27-15-21)32-13-10-20-14-22(20)19-8-11-29(12-9-19)24(31)33-16-18-4-2-1-3-5-18/h1-7,15,17,19-20,22,25-26H,8-14,16H2/t20-,22-/m1/s1. The predicted molar refractivity (Wildman–Crippen MR) is 123 cm³/mol. The molecule has 1 saturated carbocycles.